The van der Waals surface area contributed by atoms with Crippen molar-refractivity contribution in [2.75, 3.05) is 0 Å². The lowest BCUT2D eigenvalue weighted by Gasteiger charge is -2.43. The van der Waals surface area contributed by atoms with Crippen LogP contribution in [-0.4, -0.2) is 91.3 Å². The van der Waals surface area contributed by atoms with Crippen molar-refractivity contribution in [3.63, 3.8) is 0 Å². The number of ether oxygens (including phenoxy) is 3. The third-order valence-corrected chi connectivity index (χ3v) is 4.45. The second-order valence-corrected chi connectivity index (χ2v) is 8.23. The van der Waals surface area contributed by atoms with Gasteiger partial charge in [0.05, 0.1) is 0 Å². The Bertz CT molecular complexity index is 1150. The Kier molecular flexibility index (Phi) is 12.4. The fourth-order valence-corrected chi connectivity index (χ4v) is 2.16. The van der Waals surface area contributed by atoms with Crippen LogP contribution < -0.4 is 0 Å². The number of hydrogen-bond acceptors (Lipinski definition) is 5. The topological polar surface area (TPSA) is 46.2 Å². The molecule has 35 heteroatoms. The largest absolute Gasteiger partial charge is 0.458 e. The van der Waals surface area contributed by atoms with Crippen LogP contribution in [0.4, 0.5) is 132 Å². The first-order valence-electron chi connectivity index (χ1n) is 10.2. The van der Waals surface area contributed by atoms with Crippen molar-refractivity contribution in [3.05, 3.63) is 0 Å². The molecule has 0 N–H and O–H groups in total. The highest BCUT2D eigenvalue weighted by atomic mass is 19.4. The maximum atomic E-state index is 14.3. The predicted molar refractivity (Wildman–Crippen MR) is 81.7 cm³/mol. The Hall–Kier alpha value is -2.30. The average Bonchev–Trinajstić information content (AvgIpc) is 2.82. The summed E-state index contributed by atoms with van der Waals surface area (Å²) in [7, 11) is 0. The summed E-state index contributed by atoms with van der Waals surface area (Å²) >= 11 is 0. The van der Waals surface area contributed by atoms with E-state index in [0.717, 1.165) is 14.2 Å². The van der Waals surface area contributed by atoms with Gasteiger partial charge in [0.25, 0.3) is 12.3 Å². The molecule has 0 rings (SSSR count). The molecule has 302 valence electrons. The standard InChI is InChI=1S/C15H2F30O5/c16-1(3(18,19)20)5(24,25)46-7(28,10(31,32)33)13(40,41)47-8(29,11(34,35)36)14(42,43)48-9(30,12(37,38)39)15(44,45)50-49-6(26,27)2(17)4(21,22)23/h1-2H. The zero-order chi connectivity index (χ0) is 41.2. The van der Waals surface area contributed by atoms with Gasteiger partial charge < -0.3 is 0 Å². The highest BCUT2D eigenvalue weighted by molar-refractivity contribution is 4.98. The van der Waals surface area contributed by atoms with Gasteiger partial charge in [-0.25, -0.2) is 8.78 Å². The van der Waals surface area contributed by atoms with Crippen molar-refractivity contribution in [2.24, 2.45) is 0 Å². The van der Waals surface area contributed by atoms with Crippen LogP contribution in [0, 0.1) is 0 Å². The van der Waals surface area contributed by atoms with Gasteiger partial charge in [0.1, 0.15) is 0 Å². The zero-order valence-corrected chi connectivity index (χ0v) is 21.0. The maximum Gasteiger partial charge on any atom is 0.458 e. The minimum atomic E-state index is -9.12. The van der Waals surface area contributed by atoms with Gasteiger partial charge in [0.2, 0.25) is 0 Å². The van der Waals surface area contributed by atoms with E-state index in [-0.39, 0.29) is 0 Å². The van der Waals surface area contributed by atoms with Crippen molar-refractivity contribution in [3.8, 4) is 0 Å². The summed E-state index contributed by atoms with van der Waals surface area (Å²) in [6.07, 6.45) is -94.2. The van der Waals surface area contributed by atoms with E-state index in [0.29, 0.717) is 0 Å². The molecule has 0 radical (unpaired) electrons. The molecular formula is C15H2F30O5. The summed E-state index contributed by atoms with van der Waals surface area (Å²) in [5.41, 5.74) is 0. The Morgan fingerprint density at radius 3 is 0.780 bits per heavy atom. The molecule has 0 bridgehead atoms. The Balaban J connectivity index is 7.33. The van der Waals surface area contributed by atoms with E-state index >= 15 is 0 Å². The van der Waals surface area contributed by atoms with E-state index in [2.05, 4.69) is 0 Å². The minimum absolute atomic E-state index is 0.909. The van der Waals surface area contributed by atoms with Gasteiger partial charge in [-0.3, -0.25) is 14.2 Å². The molecule has 0 aliphatic heterocycles. The van der Waals surface area contributed by atoms with Gasteiger partial charge in [-0.2, -0.15) is 133 Å². The molecule has 0 amide bonds. The molecule has 5 nitrogen and oxygen atoms in total. The first kappa shape index (κ1) is 47.7. The molecule has 50 heavy (non-hydrogen) atoms. The molecular weight excluding hydrogens is 830 g/mol. The molecule has 0 aromatic heterocycles. The van der Waals surface area contributed by atoms with Crippen molar-refractivity contribution in [1.82, 2.24) is 0 Å². The van der Waals surface area contributed by atoms with Crippen LogP contribution in [0.25, 0.3) is 0 Å². The Morgan fingerprint density at radius 1 is 0.280 bits per heavy atom. The van der Waals surface area contributed by atoms with Crippen LogP contribution in [0.5, 0.6) is 0 Å². The fraction of sp³-hybridized carbons (Fsp3) is 1.00. The smallest absolute Gasteiger partial charge is 0.265 e. The number of halogens is 30. The molecule has 0 saturated heterocycles. The van der Waals surface area contributed by atoms with Gasteiger partial charge in [-0.05, 0) is 0 Å². The van der Waals surface area contributed by atoms with Gasteiger partial charge in [-0.15, -0.1) is 0 Å². The summed E-state index contributed by atoms with van der Waals surface area (Å²) in [5, 5.41) is 0. The SMILES string of the molecule is FC(C(F)(F)F)C(F)(F)OOC(F)(F)C(F)(OC(F)(F)C(F)(OC(F)(F)C(F)(OC(F)(F)C(F)C(F)(F)F)C(F)(F)F)C(F)(F)F)C(F)(F)F. The first-order chi connectivity index (χ1) is 21.1. The summed E-state index contributed by atoms with van der Waals surface area (Å²) in [5.74, 6) is -26.6. The van der Waals surface area contributed by atoms with Crippen molar-refractivity contribution < 1.29 is 156 Å². The molecule has 0 aromatic rings. The van der Waals surface area contributed by atoms with E-state index in [1.807, 2.05) is 0 Å². The third-order valence-electron chi connectivity index (χ3n) is 4.45. The van der Waals surface area contributed by atoms with Crippen LogP contribution >= 0.6 is 0 Å². The van der Waals surface area contributed by atoms with E-state index in [9.17, 15) is 132 Å². The van der Waals surface area contributed by atoms with Crippen molar-refractivity contribution >= 4 is 0 Å². The van der Waals surface area contributed by atoms with E-state index in [1.165, 1.54) is 9.78 Å². The van der Waals surface area contributed by atoms with E-state index in [1.54, 1.807) is 0 Å². The molecule has 0 aliphatic carbocycles. The molecule has 5 atom stereocenters. The summed E-state index contributed by atoms with van der Waals surface area (Å²) in [6.45, 7) is 0. The molecule has 0 saturated carbocycles. The quantitative estimate of drug-likeness (QED) is 0.0993. The lowest BCUT2D eigenvalue weighted by atomic mass is 10.2. The monoisotopic (exact) mass is 832 g/mol. The average molecular weight is 832 g/mol. The molecule has 0 heterocycles. The third kappa shape index (κ3) is 9.00. The Labute approximate surface area is 248 Å². The van der Waals surface area contributed by atoms with Crippen LogP contribution in [0.3, 0.4) is 0 Å². The number of alkyl halides is 30. The number of hydrogen-bond donors (Lipinski definition) is 0. The van der Waals surface area contributed by atoms with E-state index in [4.69, 9.17) is 0 Å². The summed E-state index contributed by atoms with van der Waals surface area (Å²) < 4.78 is 394. The van der Waals surface area contributed by atoms with Gasteiger partial charge in [0.15, 0.2) is 0 Å². The highest BCUT2D eigenvalue weighted by Crippen LogP contribution is 2.59. The minimum Gasteiger partial charge on any atom is -0.265 e. The summed E-state index contributed by atoms with van der Waals surface area (Å²) in [4.78, 5) is 2.80. The fourth-order valence-electron chi connectivity index (χ4n) is 2.16. The predicted octanol–water partition coefficient (Wildman–Crippen LogP) is 9.43. The molecule has 0 aliphatic rings. The van der Waals surface area contributed by atoms with Crippen LogP contribution in [-0.2, 0) is 24.0 Å². The zero-order valence-electron chi connectivity index (χ0n) is 21.0. The van der Waals surface area contributed by atoms with Crippen molar-refractivity contribution in [1.29, 1.82) is 0 Å². The second kappa shape index (κ2) is 13.0. The molecule has 0 fully saturated rings. The Morgan fingerprint density at radius 2 is 0.520 bits per heavy atom. The van der Waals surface area contributed by atoms with Crippen molar-refractivity contribution in [2.45, 2.75) is 91.3 Å². The van der Waals surface area contributed by atoms with Gasteiger partial charge >= 0.3 is 79.0 Å². The normalized spacial score (nSPS) is 20.5. The van der Waals surface area contributed by atoms with E-state index < -0.39 is 91.3 Å². The molecule has 5 unspecified atom stereocenters. The number of rotatable bonds is 14. The van der Waals surface area contributed by atoms with Gasteiger partial charge in [-0.1, -0.05) is 0 Å². The first-order valence-corrected chi connectivity index (χ1v) is 10.2. The molecule has 0 aromatic carbocycles. The second-order valence-electron chi connectivity index (χ2n) is 8.23. The maximum absolute atomic E-state index is 14.3. The molecule has 0 spiro atoms. The lowest BCUT2D eigenvalue weighted by Crippen LogP contribution is -2.71. The van der Waals surface area contributed by atoms with Crippen LogP contribution in [0.15, 0.2) is 0 Å². The van der Waals surface area contributed by atoms with Crippen LogP contribution in [0.1, 0.15) is 0 Å². The summed E-state index contributed by atoms with van der Waals surface area (Å²) in [6, 6.07) is 0. The van der Waals surface area contributed by atoms with Crippen LogP contribution in [0.2, 0.25) is 0 Å². The highest BCUT2D eigenvalue weighted by Gasteiger charge is 2.88. The lowest BCUT2D eigenvalue weighted by molar-refractivity contribution is -0.613. The van der Waals surface area contributed by atoms with Gasteiger partial charge in [0, 0.05) is 0 Å².